The van der Waals surface area contributed by atoms with Gasteiger partial charge in [-0.2, -0.15) is 5.26 Å². The van der Waals surface area contributed by atoms with E-state index in [1.54, 1.807) is 0 Å². The molecule has 1 fully saturated rings. The summed E-state index contributed by atoms with van der Waals surface area (Å²) in [5.74, 6) is -0.396. The number of phenols is 1. The Bertz CT molecular complexity index is 907. The van der Waals surface area contributed by atoms with Gasteiger partial charge in [-0.15, -0.1) is 0 Å². The fourth-order valence-electron chi connectivity index (χ4n) is 3.36. The molecule has 30 heavy (non-hydrogen) atoms. The number of nitriles is 1. The summed E-state index contributed by atoms with van der Waals surface area (Å²) in [5, 5.41) is 58.9. The summed E-state index contributed by atoms with van der Waals surface area (Å²) in [6.07, 6.45) is -5.96. The lowest BCUT2D eigenvalue weighted by Crippen LogP contribution is -2.60. The molecule has 0 aromatic heterocycles. The second kappa shape index (κ2) is 9.43. The molecule has 0 saturated carbocycles. The number of aliphatic hydroxyl groups excluding tert-OH is 4. The van der Waals surface area contributed by atoms with Crippen molar-refractivity contribution in [2.24, 2.45) is 0 Å². The minimum Gasteiger partial charge on any atom is -0.504 e. The Morgan fingerprint density at radius 1 is 1.03 bits per heavy atom. The third kappa shape index (κ3) is 4.56. The van der Waals surface area contributed by atoms with E-state index in [2.05, 4.69) is 6.92 Å². The van der Waals surface area contributed by atoms with E-state index < -0.39 is 37.3 Å². The smallest absolute Gasteiger partial charge is 0.229 e. The van der Waals surface area contributed by atoms with Gasteiger partial charge in [0.05, 0.1) is 18.2 Å². The Kier molecular flexibility index (Phi) is 6.92. The predicted octanol–water partition coefficient (Wildman–Crippen LogP) is 0.596. The number of benzene rings is 2. The Morgan fingerprint density at radius 2 is 1.70 bits per heavy atom. The summed E-state index contributed by atoms with van der Waals surface area (Å²) in [4.78, 5) is 0. The van der Waals surface area contributed by atoms with Gasteiger partial charge in [0.25, 0.3) is 0 Å². The number of aromatic hydroxyl groups is 1. The second-order valence-electron chi connectivity index (χ2n) is 7.25. The number of aryl methyl sites for hydroxylation is 1. The molecule has 0 radical (unpaired) electrons. The molecule has 1 saturated heterocycles. The predicted molar refractivity (Wildman–Crippen MR) is 106 cm³/mol. The van der Waals surface area contributed by atoms with Crippen molar-refractivity contribution in [2.45, 2.75) is 50.5 Å². The summed E-state index contributed by atoms with van der Waals surface area (Å²) < 4.78 is 10.9. The van der Waals surface area contributed by atoms with Crippen molar-refractivity contribution in [3.05, 3.63) is 58.7 Å². The van der Waals surface area contributed by atoms with Crippen molar-refractivity contribution in [3.63, 3.8) is 0 Å². The van der Waals surface area contributed by atoms with Crippen LogP contribution >= 0.6 is 0 Å². The zero-order valence-electron chi connectivity index (χ0n) is 16.5. The van der Waals surface area contributed by atoms with Crippen LogP contribution in [0.25, 0.3) is 0 Å². The number of hydrogen-bond acceptors (Lipinski definition) is 8. The van der Waals surface area contributed by atoms with Gasteiger partial charge in [0.15, 0.2) is 11.5 Å². The SMILES string of the molecule is CCc1ccc(Cc2cc(OC3O[C@H](CO)[C@@H](O)[C@H](O)[C@H]3O)c(O)cc2C#N)cc1. The van der Waals surface area contributed by atoms with Gasteiger partial charge in [-0.25, -0.2) is 0 Å². The van der Waals surface area contributed by atoms with Gasteiger partial charge in [-0.1, -0.05) is 31.2 Å². The molecular weight excluding hydrogens is 390 g/mol. The molecule has 8 nitrogen and oxygen atoms in total. The fraction of sp³-hybridized carbons (Fsp3) is 0.409. The van der Waals surface area contributed by atoms with Crippen LogP contribution in [0.4, 0.5) is 0 Å². The van der Waals surface area contributed by atoms with E-state index in [1.165, 1.54) is 17.7 Å². The van der Waals surface area contributed by atoms with Crippen LogP contribution in [0.15, 0.2) is 36.4 Å². The highest BCUT2D eigenvalue weighted by atomic mass is 16.7. The van der Waals surface area contributed by atoms with Crippen LogP contribution in [-0.2, 0) is 17.6 Å². The third-order valence-corrected chi connectivity index (χ3v) is 5.22. The molecule has 1 heterocycles. The van der Waals surface area contributed by atoms with Gasteiger partial charge in [-0.05, 0) is 35.6 Å². The highest BCUT2D eigenvalue weighted by Gasteiger charge is 2.45. The normalized spacial score (nSPS) is 26.2. The van der Waals surface area contributed by atoms with E-state index in [4.69, 9.17) is 9.47 Å². The maximum Gasteiger partial charge on any atom is 0.229 e. The van der Waals surface area contributed by atoms with Crippen molar-refractivity contribution in [1.29, 1.82) is 5.26 Å². The zero-order chi connectivity index (χ0) is 21.8. The van der Waals surface area contributed by atoms with Crippen LogP contribution in [0.3, 0.4) is 0 Å². The Labute approximate surface area is 174 Å². The first-order valence-corrected chi connectivity index (χ1v) is 9.68. The van der Waals surface area contributed by atoms with Gasteiger partial charge in [0.2, 0.25) is 6.29 Å². The summed E-state index contributed by atoms with van der Waals surface area (Å²) in [5.41, 5.74) is 3.03. The van der Waals surface area contributed by atoms with Crippen LogP contribution in [0, 0.1) is 11.3 Å². The maximum atomic E-state index is 10.3. The van der Waals surface area contributed by atoms with Crippen LogP contribution < -0.4 is 4.74 Å². The van der Waals surface area contributed by atoms with Gasteiger partial charge in [-0.3, -0.25) is 0 Å². The van der Waals surface area contributed by atoms with Crippen molar-refractivity contribution < 1.29 is 35.0 Å². The molecule has 5 atom stereocenters. The van der Waals surface area contributed by atoms with Crippen molar-refractivity contribution in [3.8, 4) is 17.6 Å². The Balaban J connectivity index is 1.86. The number of hydrogen-bond donors (Lipinski definition) is 5. The monoisotopic (exact) mass is 415 g/mol. The van der Waals surface area contributed by atoms with E-state index >= 15 is 0 Å². The Hall–Kier alpha value is -2.67. The number of aliphatic hydroxyl groups is 4. The van der Waals surface area contributed by atoms with E-state index in [9.17, 15) is 30.8 Å². The number of phenolic OH excluding ortho intramolecular Hbond substituents is 1. The summed E-state index contributed by atoms with van der Waals surface area (Å²) in [6, 6.07) is 12.7. The minimum absolute atomic E-state index is 0.0569. The highest BCUT2D eigenvalue weighted by Crippen LogP contribution is 2.34. The second-order valence-corrected chi connectivity index (χ2v) is 7.25. The molecule has 5 N–H and O–H groups in total. The molecule has 0 spiro atoms. The maximum absolute atomic E-state index is 10.3. The summed E-state index contributed by atoms with van der Waals surface area (Å²) >= 11 is 0. The molecule has 2 aromatic carbocycles. The van der Waals surface area contributed by atoms with E-state index in [0.29, 0.717) is 12.0 Å². The van der Waals surface area contributed by atoms with E-state index in [0.717, 1.165) is 12.0 Å². The molecule has 1 aliphatic rings. The van der Waals surface area contributed by atoms with Gasteiger partial charge >= 0.3 is 0 Å². The number of nitrogens with zero attached hydrogens (tertiary/aromatic N) is 1. The molecule has 1 aliphatic heterocycles. The van der Waals surface area contributed by atoms with Crippen LogP contribution in [0.5, 0.6) is 11.5 Å². The van der Waals surface area contributed by atoms with Crippen molar-refractivity contribution in [1.82, 2.24) is 0 Å². The minimum atomic E-state index is -1.61. The average Bonchev–Trinajstić information content (AvgIpc) is 2.76. The topological polar surface area (TPSA) is 143 Å². The van der Waals surface area contributed by atoms with Gasteiger partial charge in [0.1, 0.15) is 24.4 Å². The van der Waals surface area contributed by atoms with E-state index in [-0.39, 0.29) is 17.1 Å². The fourth-order valence-corrected chi connectivity index (χ4v) is 3.36. The number of rotatable bonds is 6. The molecule has 160 valence electrons. The first-order chi connectivity index (χ1) is 14.4. The van der Waals surface area contributed by atoms with Crippen LogP contribution in [-0.4, -0.2) is 62.8 Å². The quantitative estimate of drug-likeness (QED) is 0.461. The molecule has 0 amide bonds. The first kappa shape index (κ1) is 22.0. The first-order valence-electron chi connectivity index (χ1n) is 9.68. The van der Waals surface area contributed by atoms with Crippen LogP contribution in [0.2, 0.25) is 0 Å². The Morgan fingerprint density at radius 3 is 2.30 bits per heavy atom. The largest absolute Gasteiger partial charge is 0.504 e. The van der Waals surface area contributed by atoms with Crippen molar-refractivity contribution in [2.75, 3.05) is 6.61 Å². The molecule has 3 rings (SSSR count). The lowest BCUT2D eigenvalue weighted by Gasteiger charge is -2.39. The zero-order valence-corrected chi connectivity index (χ0v) is 16.5. The molecular formula is C22H25NO7. The van der Waals surface area contributed by atoms with Crippen molar-refractivity contribution >= 4 is 0 Å². The highest BCUT2D eigenvalue weighted by molar-refractivity contribution is 5.52. The molecule has 1 unspecified atom stereocenters. The third-order valence-electron chi connectivity index (χ3n) is 5.22. The number of ether oxygens (including phenoxy) is 2. The molecule has 0 bridgehead atoms. The lowest BCUT2D eigenvalue weighted by atomic mass is 9.98. The summed E-state index contributed by atoms with van der Waals surface area (Å²) in [6.45, 7) is 1.47. The van der Waals surface area contributed by atoms with E-state index in [1.807, 2.05) is 30.3 Å². The molecule has 2 aromatic rings. The van der Waals surface area contributed by atoms with Crippen LogP contribution in [0.1, 0.15) is 29.2 Å². The van der Waals surface area contributed by atoms with Gasteiger partial charge < -0.3 is 35.0 Å². The van der Waals surface area contributed by atoms with Gasteiger partial charge in [0, 0.05) is 6.07 Å². The molecule has 8 heteroatoms. The lowest BCUT2D eigenvalue weighted by molar-refractivity contribution is -0.277. The standard InChI is InChI=1S/C22H25NO7/c1-2-12-3-5-13(6-4-12)7-14-9-17(16(25)8-15(14)10-23)29-22-21(28)20(27)19(26)18(11-24)30-22/h3-6,8-9,18-22,24-28H,2,7,11H2,1H3/t18-,19-,20+,21-,22?/m1/s1. The summed E-state index contributed by atoms with van der Waals surface area (Å²) in [7, 11) is 0. The average molecular weight is 415 g/mol. The molecule has 0 aliphatic carbocycles.